The Morgan fingerprint density at radius 1 is 1.26 bits per heavy atom. The van der Waals surface area contributed by atoms with E-state index in [9.17, 15) is 8.78 Å². The molecule has 4 heteroatoms. The summed E-state index contributed by atoms with van der Waals surface area (Å²) < 4.78 is 25.3. The Morgan fingerprint density at radius 2 is 2.00 bits per heavy atom. The maximum absolute atomic E-state index is 12.7. The van der Waals surface area contributed by atoms with Crippen molar-refractivity contribution in [3.8, 4) is 0 Å². The molecular weight excluding hydrogens is 312 g/mol. The molecule has 4 aliphatic carbocycles. The van der Waals surface area contributed by atoms with Crippen LogP contribution in [0.25, 0.3) is 0 Å². The molecule has 23 heavy (non-hydrogen) atoms. The zero-order chi connectivity index (χ0) is 16.2. The molecule has 0 aromatic heterocycles. The minimum absolute atomic E-state index is 0.125. The third-order valence-electron chi connectivity index (χ3n) is 6.45. The quantitative estimate of drug-likeness (QED) is 0.643. The standard InChI is InChI=1S/C19H21F2NS/c20-16(21)7-6-14-12-8-18(13-4-2-1-3-5-13)10-15(14)19(9-12,11-18)17(22)23/h1-6,12,15-16H,7-11H2,(H2,22,23)/b14-6-. The van der Waals surface area contributed by atoms with E-state index in [-0.39, 0.29) is 23.2 Å². The molecule has 4 saturated carbocycles. The Bertz CT molecular complexity index is 671. The highest BCUT2D eigenvalue weighted by atomic mass is 32.1. The molecule has 4 atom stereocenters. The lowest BCUT2D eigenvalue weighted by Gasteiger charge is -2.41. The smallest absolute Gasteiger partial charge is 0.242 e. The van der Waals surface area contributed by atoms with E-state index < -0.39 is 6.43 Å². The Labute approximate surface area is 140 Å². The van der Waals surface area contributed by atoms with Crippen LogP contribution >= 0.6 is 12.2 Å². The number of benzene rings is 1. The number of allylic oxidation sites excluding steroid dienone is 2. The van der Waals surface area contributed by atoms with Gasteiger partial charge in [0.2, 0.25) is 6.43 Å². The van der Waals surface area contributed by atoms with Crippen molar-refractivity contribution in [2.24, 2.45) is 23.0 Å². The van der Waals surface area contributed by atoms with Crippen molar-refractivity contribution in [1.29, 1.82) is 0 Å². The molecular formula is C19H21F2NS. The van der Waals surface area contributed by atoms with Gasteiger partial charge in [0.1, 0.15) is 0 Å². The van der Waals surface area contributed by atoms with Crippen LogP contribution in [0.3, 0.4) is 0 Å². The third-order valence-corrected chi connectivity index (χ3v) is 6.85. The van der Waals surface area contributed by atoms with Crippen molar-refractivity contribution in [1.82, 2.24) is 0 Å². The molecule has 4 unspecified atom stereocenters. The highest BCUT2D eigenvalue weighted by Gasteiger charge is 2.67. The second-order valence-corrected chi connectivity index (χ2v) is 7.98. The van der Waals surface area contributed by atoms with Crippen molar-refractivity contribution < 1.29 is 8.78 Å². The number of hydrogen-bond donors (Lipinski definition) is 1. The maximum atomic E-state index is 12.7. The monoisotopic (exact) mass is 333 g/mol. The number of alkyl halides is 2. The molecule has 4 fully saturated rings. The molecule has 4 bridgehead atoms. The number of hydrogen-bond acceptors (Lipinski definition) is 1. The fourth-order valence-electron chi connectivity index (χ4n) is 5.72. The van der Waals surface area contributed by atoms with Crippen molar-refractivity contribution in [2.75, 3.05) is 0 Å². The van der Waals surface area contributed by atoms with E-state index in [0.29, 0.717) is 10.9 Å². The first-order chi connectivity index (χ1) is 11.0. The van der Waals surface area contributed by atoms with E-state index in [1.807, 2.05) is 6.07 Å². The van der Waals surface area contributed by atoms with Gasteiger partial charge in [-0.15, -0.1) is 0 Å². The number of thiocarbonyl (C=S) groups is 1. The van der Waals surface area contributed by atoms with Gasteiger partial charge in [-0.3, -0.25) is 0 Å². The Balaban J connectivity index is 1.75. The highest BCUT2D eigenvalue weighted by Crippen LogP contribution is 2.72. The van der Waals surface area contributed by atoms with Crippen LogP contribution in [0, 0.1) is 17.3 Å². The summed E-state index contributed by atoms with van der Waals surface area (Å²) in [6.45, 7) is 0. The van der Waals surface area contributed by atoms with Gasteiger partial charge in [0.15, 0.2) is 0 Å². The molecule has 0 aliphatic heterocycles. The van der Waals surface area contributed by atoms with Gasteiger partial charge in [0, 0.05) is 11.8 Å². The summed E-state index contributed by atoms with van der Waals surface area (Å²) in [4.78, 5) is 0.588. The van der Waals surface area contributed by atoms with E-state index in [1.54, 1.807) is 6.08 Å². The fourth-order valence-corrected chi connectivity index (χ4v) is 6.02. The van der Waals surface area contributed by atoms with Crippen LogP contribution < -0.4 is 5.73 Å². The van der Waals surface area contributed by atoms with Gasteiger partial charge in [-0.2, -0.15) is 0 Å². The van der Waals surface area contributed by atoms with E-state index in [0.717, 1.165) is 25.7 Å². The van der Waals surface area contributed by atoms with E-state index in [1.165, 1.54) is 11.1 Å². The second-order valence-electron chi connectivity index (χ2n) is 7.54. The molecule has 1 nitrogen and oxygen atoms in total. The average Bonchev–Trinajstić information content (AvgIpc) is 2.90. The summed E-state index contributed by atoms with van der Waals surface area (Å²) in [5.74, 6) is 0.626. The molecule has 0 saturated heterocycles. The Morgan fingerprint density at radius 3 is 2.65 bits per heavy atom. The van der Waals surface area contributed by atoms with Crippen LogP contribution in [-0.2, 0) is 5.41 Å². The lowest BCUT2D eigenvalue weighted by Crippen LogP contribution is -2.40. The van der Waals surface area contributed by atoms with Crippen molar-refractivity contribution in [2.45, 2.75) is 43.9 Å². The van der Waals surface area contributed by atoms with Crippen molar-refractivity contribution >= 4 is 17.2 Å². The van der Waals surface area contributed by atoms with Gasteiger partial charge in [-0.25, -0.2) is 8.78 Å². The summed E-state index contributed by atoms with van der Waals surface area (Å²) in [6, 6.07) is 10.6. The molecule has 122 valence electrons. The third kappa shape index (κ3) is 2.10. The summed E-state index contributed by atoms with van der Waals surface area (Å²) in [7, 11) is 0. The average molecular weight is 333 g/mol. The molecule has 1 aromatic rings. The highest BCUT2D eigenvalue weighted by molar-refractivity contribution is 7.80. The van der Waals surface area contributed by atoms with Crippen LogP contribution in [0.4, 0.5) is 8.78 Å². The van der Waals surface area contributed by atoms with Gasteiger partial charge < -0.3 is 5.73 Å². The second kappa shape index (κ2) is 5.10. The lowest BCUT2D eigenvalue weighted by molar-refractivity contribution is 0.151. The topological polar surface area (TPSA) is 26.0 Å². The van der Waals surface area contributed by atoms with Gasteiger partial charge >= 0.3 is 0 Å². The Hall–Kier alpha value is -1.29. The van der Waals surface area contributed by atoms with Gasteiger partial charge in [-0.1, -0.05) is 54.2 Å². The van der Waals surface area contributed by atoms with Crippen LogP contribution in [0.2, 0.25) is 0 Å². The van der Waals surface area contributed by atoms with Crippen LogP contribution in [-0.4, -0.2) is 11.4 Å². The first-order valence-electron chi connectivity index (χ1n) is 8.30. The SMILES string of the molecule is NC(=S)C12CC3CC(c4ccccc4)(CC1/C3=C\CC(F)F)C2. The predicted molar refractivity (Wildman–Crippen MR) is 91.5 cm³/mol. The minimum atomic E-state index is -2.28. The summed E-state index contributed by atoms with van der Waals surface area (Å²) >= 11 is 5.45. The molecule has 2 N–H and O–H groups in total. The van der Waals surface area contributed by atoms with Crippen LogP contribution in [0.5, 0.6) is 0 Å². The van der Waals surface area contributed by atoms with Gasteiger partial charge in [0.25, 0.3) is 0 Å². The molecule has 5 rings (SSSR count). The lowest BCUT2D eigenvalue weighted by atomic mass is 9.63. The first-order valence-corrected chi connectivity index (χ1v) is 8.71. The van der Waals surface area contributed by atoms with Crippen molar-refractivity contribution in [3.63, 3.8) is 0 Å². The van der Waals surface area contributed by atoms with Crippen LogP contribution in [0.1, 0.15) is 37.7 Å². The molecule has 0 amide bonds. The van der Waals surface area contributed by atoms with Gasteiger partial charge in [0.05, 0.1) is 4.99 Å². The zero-order valence-electron chi connectivity index (χ0n) is 13.0. The molecule has 0 spiro atoms. The van der Waals surface area contributed by atoms with E-state index in [4.69, 9.17) is 18.0 Å². The largest absolute Gasteiger partial charge is 0.393 e. The predicted octanol–water partition coefficient (Wildman–Crippen LogP) is 4.61. The maximum Gasteiger partial charge on any atom is 0.242 e. The normalized spacial score (nSPS) is 39.5. The molecule has 0 heterocycles. The first kappa shape index (κ1) is 15.3. The molecule has 0 radical (unpaired) electrons. The number of nitrogens with two attached hydrogens (primary N) is 1. The van der Waals surface area contributed by atoms with E-state index >= 15 is 0 Å². The fraction of sp³-hybridized carbons (Fsp3) is 0.526. The molecule has 1 aromatic carbocycles. The van der Waals surface area contributed by atoms with E-state index in [2.05, 4.69) is 24.3 Å². The molecule has 4 aliphatic rings. The Kier molecular flexibility index (Phi) is 3.38. The summed E-state index contributed by atoms with van der Waals surface area (Å²) in [5.41, 5.74) is 8.71. The number of rotatable bonds is 4. The van der Waals surface area contributed by atoms with Gasteiger partial charge in [-0.05, 0) is 48.5 Å². The van der Waals surface area contributed by atoms with Crippen molar-refractivity contribution in [3.05, 3.63) is 47.5 Å². The summed E-state index contributed by atoms with van der Waals surface area (Å²) in [6.07, 6.45) is 3.35. The summed E-state index contributed by atoms with van der Waals surface area (Å²) in [5, 5.41) is 0. The van der Waals surface area contributed by atoms with Crippen LogP contribution in [0.15, 0.2) is 42.0 Å². The zero-order valence-corrected chi connectivity index (χ0v) is 13.8. The minimum Gasteiger partial charge on any atom is -0.393 e. The number of halogens is 2.